The minimum atomic E-state index is 0.713. The SMILES string of the molecule is Cl/C=C/CN1CC(CCl)C1. The van der Waals surface area contributed by atoms with Gasteiger partial charge >= 0.3 is 0 Å². The highest BCUT2D eigenvalue weighted by Gasteiger charge is 2.23. The van der Waals surface area contributed by atoms with Crippen LogP contribution in [0.4, 0.5) is 0 Å². The molecule has 0 aromatic rings. The Morgan fingerprint density at radius 1 is 1.50 bits per heavy atom. The molecule has 0 spiro atoms. The summed E-state index contributed by atoms with van der Waals surface area (Å²) in [5.74, 6) is 1.51. The van der Waals surface area contributed by atoms with Crippen molar-refractivity contribution in [2.45, 2.75) is 0 Å². The number of hydrogen-bond donors (Lipinski definition) is 0. The van der Waals surface area contributed by atoms with Crippen molar-refractivity contribution in [1.29, 1.82) is 0 Å². The third-order valence-electron chi connectivity index (χ3n) is 1.70. The zero-order chi connectivity index (χ0) is 7.40. The Kier molecular flexibility index (Phi) is 3.53. The largest absolute Gasteiger partial charge is 0.299 e. The number of alkyl halides is 1. The Labute approximate surface area is 71.6 Å². The van der Waals surface area contributed by atoms with Crippen LogP contribution in [0.5, 0.6) is 0 Å². The highest BCUT2D eigenvalue weighted by molar-refractivity contribution is 6.25. The van der Waals surface area contributed by atoms with Crippen LogP contribution in [0, 0.1) is 5.92 Å². The van der Waals surface area contributed by atoms with E-state index in [0.29, 0.717) is 5.92 Å². The summed E-state index contributed by atoms with van der Waals surface area (Å²) >= 11 is 11.0. The topological polar surface area (TPSA) is 3.24 Å². The Hall–Kier alpha value is 0.280. The van der Waals surface area contributed by atoms with Gasteiger partial charge in [0.2, 0.25) is 0 Å². The minimum Gasteiger partial charge on any atom is -0.299 e. The summed E-state index contributed by atoms with van der Waals surface area (Å²) in [6.45, 7) is 3.23. The number of nitrogens with zero attached hydrogens (tertiary/aromatic N) is 1. The van der Waals surface area contributed by atoms with Crippen LogP contribution in [0.3, 0.4) is 0 Å². The summed E-state index contributed by atoms with van der Waals surface area (Å²) in [6, 6.07) is 0. The van der Waals surface area contributed by atoms with Gasteiger partial charge in [-0.1, -0.05) is 17.7 Å². The molecule has 0 radical (unpaired) electrons. The minimum absolute atomic E-state index is 0.713. The normalized spacial score (nSPS) is 21.8. The standard InChI is InChI=1S/C7H11Cl2N/c8-2-1-3-10-5-7(4-9)6-10/h1-2,7H,3-6H2/b2-1+. The highest BCUT2D eigenvalue weighted by Crippen LogP contribution is 2.15. The van der Waals surface area contributed by atoms with Gasteiger partial charge in [0, 0.05) is 31.0 Å². The Balaban J connectivity index is 2.03. The molecule has 0 saturated carbocycles. The van der Waals surface area contributed by atoms with Crippen molar-refractivity contribution in [3.63, 3.8) is 0 Å². The molecular formula is C7H11Cl2N. The molecular weight excluding hydrogens is 169 g/mol. The van der Waals surface area contributed by atoms with Crippen molar-refractivity contribution < 1.29 is 0 Å². The van der Waals surface area contributed by atoms with Crippen LogP contribution in [0.2, 0.25) is 0 Å². The average Bonchev–Trinajstić information content (AvgIpc) is 1.86. The fourth-order valence-electron chi connectivity index (χ4n) is 1.11. The molecule has 1 fully saturated rings. The van der Waals surface area contributed by atoms with E-state index >= 15 is 0 Å². The van der Waals surface area contributed by atoms with Crippen molar-refractivity contribution in [2.24, 2.45) is 5.92 Å². The lowest BCUT2D eigenvalue weighted by atomic mass is 10.0. The molecule has 0 bridgehead atoms. The van der Waals surface area contributed by atoms with Crippen LogP contribution < -0.4 is 0 Å². The van der Waals surface area contributed by atoms with Crippen molar-refractivity contribution in [2.75, 3.05) is 25.5 Å². The highest BCUT2D eigenvalue weighted by atomic mass is 35.5. The zero-order valence-corrected chi connectivity index (χ0v) is 7.28. The van der Waals surface area contributed by atoms with E-state index in [1.807, 2.05) is 6.08 Å². The molecule has 0 amide bonds. The average molecular weight is 180 g/mol. The van der Waals surface area contributed by atoms with E-state index in [1.54, 1.807) is 5.54 Å². The van der Waals surface area contributed by atoms with Gasteiger partial charge in [-0.3, -0.25) is 4.90 Å². The van der Waals surface area contributed by atoms with Crippen molar-refractivity contribution in [1.82, 2.24) is 4.90 Å². The van der Waals surface area contributed by atoms with Gasteiger partial charge in [0.15, 0.2) is 0 Å². The molecule has 1 nitrogen and oxygen atoms in total. The van der Waals surface area contributed by atoms with E-state index in [9.17, 15) is 0 Å². The first kappa shape index (κ1) is 8.38. The smallest absolute Gasteiger partial charge is 0.0276 e. The molecule has 1 saturated heterocycles. The summed E-state index contributed by atoms with van der Waals surface area (Å²) < 4.78 is 0. The van der Waals surface area contributed by atoms with Crippen LogP contribution in [0.25, 0.3) is 0 Å². The fourth-order valence-corrected chi connectivity index (χ4v) is 1.39. The van der Waals surface area contributed by atoms with E-state index in [1.165, 1.54) is 0 Å². The molecule has 3 heteroatoms. The molecule has 0 aromatic carbocycles. The fraction of sp³-hybridized carbons (Fsp3) is 0.714. The molecule has 0 atom stereocenters. The first-order valence-corrected chi connectivity index (χ1v) is 4.37. The molecule has 10 heavy (non-hydrogen) atoms. The number of hydrogen-bond acceptors (Lipinski definition) is 1. The van der Waals surface area contributed by atoms with Crippen molar-refractivity contribution >= 4 is 23.2 Å². The van der Waals surface area contributed by atoms with Gasteiger partial charge in [-0.05, 0) is 5.92 Å². The lowest BCUT2D eigenvalue weighted by molar-refractivity contribution is 0.131. The predicted molar refractivity (Wildman–Crippen MR) is 45.6 cm³/mol. The second-order valence-corrected chi connectivity index (χ2v) is 3.16. The van der Waals surface area contributed by atoms with Gasteiger partial charge in [-0.2, -0.15) is 0 Å². The van der Waals surface area contributed by atoms with E-state index < -0.39 is 0 Å². The Morgan fingerprint density at radius 3 is 2.70 bits per heavy atom. The van der Waals surface area contributed by atoms with Gasteiger partial charge in [0.1, 0.15) is 0 Å². The Bertz CT molecular complexity index is 119. The molecule has 58 valence electrons. The van der Waals surface area contributed by atoms with Crippen LogP contribution >= 0.6 is 23.2 Å². The van der Waals surface area contributed by atoms with Crippen LogP contribution in [0.1, 0.15) is 0 Å². The molecule has 0 N–H and O–H groups in total. The maximum atomic E-state index is 5.63. The first-order chi connectivity index (χ1) is 4.86. The van der Waals surface area contributed by atoms with Crippen molar-refractivity contribution in [3.05, 3.63) is 11.6 Å². The van der Waals surface area contributed by atoms with Gasteiger partial charge in [0.25, 0.3) is 0 Å². The molecule has 0 aliphatic carbocycles. The Morgan fingerprint density at radius 2 is 2.20 bits per heavy atom. The molecule has 1 rings (SSSR count). The maximum absolute atomic E-state index is 5.63. The number of likely N-dealkylation sites (tertiary alicyclic amines) is 1. The summed E-state index contributed by atoms with van der Waals surface area (Å²) in [6.07, 6.45) is 1.95. The summed E-state index contributed by atoms with van der Waals surface area (Å²) in [7, 11) is 0. The van der Waals surface area contributed by atoms with Gasteiger partial charge in [-0.25, -0.2) is 0 Å². The third-order valence-corrected chi connectivity index (χ3v) is 2.32. The summed E-state index contributed by atoms with van der Waals surface area (Å²) in [5, 5.41) is 0. The van der Waals surface area contributed by atoms with E-state index in [0.717, 1.165) is 25.5 Å². The molecule has 0 aromatic heterocycles. The van der Waals surface area contributed by atoms with Gasteiger partial charge < -0.3 is 0 Å². The molecule has 1 aliphatic rings. The van der Waals surface area contributed by atoms with Crippen LogP contribution in [0.15, 0.2) is 11.6 Å². The number of halogens is 2. The number of rotatable bonds is 3. The zero-order valence-electron chi connectivity index (χ0n) is 5.76. The van der Waals surface area contributed by atoms with E-state index in [-0.39, 0.29) is 0 Å². The predicted octanol–water partition coefficient (Wildman–Crippen LogP) is 1.91. The maximum Gasteiger partial charge on any atom is 0.0276 e. The van der Waals surface area contributed by atoms with Crippen LogP contribution in [-0.4, -0.2) is 30.4 Å². The lowest BCUT2D eigenvalue weighted by Crippen LogP contribution is -2.47. The second-order valence-electron chi connectivity index (χ2n) is 2.60. The van der Waals surface area contributed by atoms with Crippen LogP contribution in [-0.2, 0) is 0 Å². The summed E-state index contributed by atoms with van der Waals surface area (Å²) in [4.78, 5) is 2.31. The van der Waals surface area contributed by atoms with Crippen molar-refractivity contribution in [3.8, 4) is 0 Å². The molecule has 0 unspecified atom stereocenters. The van der Waals surface area contributed by atoms with Gasteiger partial charge in [-0.15, -0.1) is 11.6 Å². The summed E-state index contributed by atoms with van der Waals surface area (Å²) in [5.41, 5.74) is 1.56. The third kappa shape index (κ3) is 2.15. The van der Waals surface area contributed by atoms with E-state index in [4.69, 9.17) is 23.2 Å². The van der Waals surface area contributed by atoms with Gasteiger partial charge in [0.05, 0.1) is 0 Å². The lowest BCUT2D eigenvalue weighted by Gasteiger charge is -2.37. The first-order valence-electron chi connectivity index (χ1n) is 3.40. The monoisotopic (exact) mass is 179 g/mol. The molecule has 1 aliphatic heterocycles. The van der Waals surface area contributed by atoms with E-state index in [2.05, 4.69) is 4.90 Å². The quantitative estimate of drug-likeness (QED) is 0.599. The molecule has 1 heterocycles. The second kappa shape index (κ2) is 4.22.